The van der Waals surface area contributed by atoms with Crippen LogP contribution in [0.5, 0.6) is 0 Å². The Morgan fingerprint density at radius 2 is 2.53 bits per heavy atom. The summed E-state index contributed by atoms with van der Waals surface area (Å²) in [5, 5.41) is 21.5. The second-order valence-electron chi connectivity index (χ2n) is 2.94. The van der Waals surface area contributed by atoms with Gasteiger partial charge in [-0.1, -0.05) is 5.16 Å². The number of amidine groups is 1. The second kappa shape index (κ2) is 4.40. The van der Waals surface area contributed by atoms with E-state index in [0.29, 0.717) is 18.8 Å². The lowest BCUT2D eigenvalue weighted by atomic mass is 10.4. The molecule has 1 heterocycles. The first-order chi connectivity index (χ1) is 7.04. The summed E-state index contributed by atoms with van der Waals surface area (Å²) in [5.41, 5.74) is 5.27. The standard InChI is InChI=1S/C7H11N5O3/c1-5-9-7(12(14)15)4-11(5)3-2-6(8)10-13/h4,13H,2-3H2,1H3,(H2,8,10). The van der Waals surface area contributed by atoms with Crippen molar-refractivity contribution in [2.75, 3.05) is 0 Å². The van der Waals surface area contributed by atoms with Crippen molar-refractivity contribution in [2.24, 2.45) is 10.9 Å². The van der Waals surface area contributed by atoms with Crippen molar-refractivity contribution in [3.63, 3.8) is 0 Å². The van der Waals surface area contributed by atoms with Crippen molar-refractivity contribution in [3.05, 3.63) is 22.1 Å². The number of hydrogen-bond acceptors (Lipinski definition) is 5. The first-order valence-electron chi connectivity index (χ1n) is 4.19. The van der Waals surface area contributed by atoms with E-state index in [1.807, 2.05) is 0 Å². The molecule has 0 aliphatic carbocycles. The van der Waals surface area contributed by atoms with Crippen molar-refractivity contribution >= 4 is 11.7 Å². The van der Waals surface area contributed by atoms with Crippen molar-refractivity contribution in [2.45, 2.75) is 19.9 Å². The van der Waals surface area contributed by atoms with E-state index >= 15 is 0 Å². The van der Waals surface area contributed by atoms with E-state index < -0.39 is 4.92 Å². The fraction of sp³-hybridized carbons (Fsp3) is 0.429. The molecule has 0 radical (unpaired) electrons. The van der Waals surface area contributed by atoms with Gasteiger partial charge in [0, 0.05) is 19.9 Å². The highest BCUT2D eigenvalue weighted by molar-refractivity contribution is 5.79. The van der Waals surface area contributed by atoms with Gasteiger partial charge in [-0.3, -0.25) is 0 Å². The zero-order valence-corrected chi connectivity index (χ0v) is 8.12. The van der Waals surface area contributed by atoms with E-state index in [1.165, 1.54) is 6.20 Å². The lowest BCUT2D eigenvalue weighted by Gasteiger charge is -2.00. The molecule has 1 rings (SSSR count). The Hall–Kier alpha value is -2.12. The minimum atomic E-state index is -0.563. The van der Waals surface area contributed by atoms with Crippen molar-refractivity contribution < 1.29 is 10.1 Å². The highest BCUT2D eigenvalue weighted by atomic mass is 16.6. The Bertz CT molecular complexity index is 397. The quantitative estimate of drug-likeness (QED) is 0.244. The third-order valence-electron chi connectivity index (χ3n) is 1.89. The van der Waals surface area contributed by atoms with Crippen LogP contribution in [0.4, 0.5) is 5.82 Å². The van der Waals surface area contributed by atoms with Gasteiger partial charge in [0.25, 0.3) is 0 Å². The van der Waals surface area contributed by atoms with Crippen LogP contribution in [0, 0.1) is 17.0 Å². The smallest absolute Gasteiger partial charge is 0.381 e. The molecule has 0 saturated carbocycles. The Kier molecular flexibility index (Phi) is 3.21. The number of aryl methyl sites for hydroxylation is 2. The Balaban J connectivity index is 2.73. The average molecular weight is 213 g/mol. The van der Waals surface area contributed by atoms with Crippen molar-refractivity contribution in [3.8, 4) is 0 Å². The molecule has 0 bridgehead atoms. The summed E-state index contributed by atoms with van der Waals surface area (Å²) in [4.78, 5) is 13.6. The number of nitrogens with zero attached hydrogens (tertiary/aromatic N) is 4. The molecule has 0 amide bonds. The Morgan fingerprint density at radius 3 is 3.00 bits per heavy atom. The summed E-state index contributed by atoms with van der Waals surface area (Å²) in [7, 11) is 0. The van der Waals surface area contributed by atoms with Crippen LogP contribution in [-0.4, -0.2) is 25.5 Å². The normalized spacial score (nSPS) is 11.7. The number of nitro groups is 1. The summed E-state index contributed by atoms with van der Waals surface area (Å²) in [5.74, 6) is 0.394. The predicted molar refractivity (Wildman–Crippen MR) is 51.6 cm³/mol. The zero-order chi connectivity index (χ0) is 11.4. The molecule has 0 spiro atoms. The van der Waals surface area contributed by atoms with Gasteiger partial charge in [0.2, 0.25) is 5.82 Å². The molecule has 1 aromatic rings. The van der Waals surface area contributed by atoms with Crippen LogP contribution in [0.15, 0.2) is 11.4 Å². The minimum Gasteiger partial charge on any atom is -0.409 e. The van der Waals surface area contributed by atoms with Gasteiger partial charge in [-0.15, -0.1) is 0 Å². The number of imidazole rings is 1. The minimum absolute atomic E-state index is 0.0748. The summed E-state index contributed by atoms with van der Waals surface area (Å²) in [6.07, 6.45) is 1.63. The second-order valence-corrected chi connectivity index (χ2v) is 2.94. The zero-order valence-electron chi connectivity index (χ0n) is 8.12. The summed E-state index contributed by atoms with van der Waals surface area (Å²) >= 11 is 0. The monoisotopic (exact) mass is 213 g/mol. The van der Waals surface area contributed by atoms with E-state index in [9.17, 15) is 10.1 Å². The van der Waals surface area contributed by atoms with E-state index in [4.69, 9.17) is 10.9 Å². The van der Waals surface area contributed by atoms with Crippen LogP contribution in [-0.2, 0) is 6.54 Å². The van der Waals surface area contributed by atoms with E-state index in [-0.39, 0.29) is 11.7 Å². The molecular weight excluding hydrogens is 202 g/mol. The summed E-state index contributed by atoms with van der Waals surface area (Å²) < 4.78 is 1.58. The van der Waals surface area contributed by atoms with Gasteiger partial charge in [0.15, 0.2) is 0 Å². The maximum atomic E-state index is 10.4. The molecule has 0 aromatic carbocycles. The lowest BCUT2D eigenvalue weighted by molar-refractivity contribution is -0.389. The van der Waals surface area contributed by atoms with Crippen LogP contribution in [0.25, 0.3) is 0 Å². The van der Waals surface area contributed by atoms with Gasteiger partial charge >= 0.3 is 5.82 Å². The molecule has 3 N–H and O–H groups in total. The van der Waals surface area contributed by atoms with E-state index in [0.717, 1.165) is 0 Å². The van der Waals surface area contributed by atoms with Gasteiger partial charge in [-0.25, -0.2) is 0 Å². The maximum absolute atomic E-state index is 10.4. The first-order valence-corrected chi connectivity index (χ1v) is 4.19. The Morgan fingerprint density at radius 1 is 1.87 bits per heavy atom. The van der Waals surface area contributed by atoms with Crippen LogP contribution in [0.1, 0.15) is 12.2 Å². The summed E-state index contributed by atoms with van der Waals surface area (Å²) in [6, 6.07) is 0. The molecular formula is C7H11N5O3. The number of aromatic nitrogens is 2. The number of rotatable bonds is 4. The molecule has 0 unspecified atom stereocenters. The first kappa shape index (κ1) is 11.0. The molecule has 15 heavy (non-hydrogen) atoms. The van der Waals surface area contributed by atoms with Gasteiger partial charge in [-0.2, -0.15) is 0 Å². The van der Waals surface area contributed by atoms with Crippen LogP contribution >= 0.6 is 0 Å². The molecule has 0 aliphatic heterocycles. The van der Waals surface area contributed by atoms with Crippen molar-refractivity contribution in [1.29, 1.82) is 0 Å². The third kappa shape index (κ3) is 2.66. The third-order valence-corrected chi connectivity index (χ3v) is 1.89. The van der Waals surface area contributed by atoms with Gasteiger partial charge in [0.05, 0.1) is 0 Å². The number of nitrogens with two attached hydrogens (primary N) is 1. The average Bonchev–Trinajstić information content (AvgIpc) is 2.56. The Labute approximate surface area is 85.2 Å². The predicted octanol–water partition coefficient (Wildman–Crippen LogP) is 0.236. The molecule has 8 nitrogen and oxygen atoms in total. The molecule has 8 heteroatoms. The van der Waals surface area contributed by atoms with E-state index in [2.05, 4.69) is 10.1 Å². The molecule has 0 saturated heterocycles. The maximum Gasteiger partial charge on any atom is 0.381 e. The lowest BCUT2D eigenvalue weighted by Crippen LogP contribution is -2.14. The van der Waals surface area contributed by atoms with Gasteiger partial charge in [-0.05, 0) is 9.91 Å². The number of oxime groups is 1. The fourth-order valence-corrected chi connectivity index (χ4v) is 1.09. The summed E-state index contributed by atoms with van der Waals surface area (Å²) in [6.45, 7) is 2.04. The molecule has 0 fully saturated rings. The molecule has 0 aliphatic rings. The van der Waals surface area contributed by atoms with Gasteiger partial charge in [0.1, 0.15) is 12.0 Å². The van der Waals surface area contributed by atoms with Crippen LogP contribution < -0.4 is 5.73 Å². The van der Waals surface area contributed by atoms with Gasteiger partial charge < -0.3 is 25.6 Å². The SMILES string of the molecule is Cc1nc([N+](=O)[O-])cn1CC/C(N)=N\O. The fourth-order valence-electron chi connectivity index (χ4n) is 1.09. The van der Waals surface area contributed by atoms with Crippen LogP contribution in [0.2, 0.25) is 0 Å². The highest BCUT2D eigenvalue weighted by Gasteiger charge is 2.14. The topological polar surface area (TPSA) is 120 Å². The molecule has 82 valence electrons. The highest BCUT2D eigenvalue weighted by Crippen LogP contribution is 2.10. The largest absolute Gasteiger partial charge is 0.409 e. The molecule has 1 aromatic heterocycles. The molecule has 0 atom stereocenters. The number of hydrogen-bond donors (Lipinski definition) is 2. The van der Waals surface area contributed by atoms with E-state index in [1.54, 1.807) is 11.5 Å². The van der Waals surface area contributed by atoms with Crippen LogP contribution in [0.3, 0.4) is 0 Å². The van der Waals surface area contributed by atoms with Crippen molar-refractivity contribution in [1.82, 2.24) is 9.55 Å².